The summed E-state index contributed by atoms with van der Waals surface area (Å²) in [6.45, 7) is 0.440. The molecule has 2 heterocycles. The van der Waals surface area contributed by atoms with E-state index in [1.165, 1.54) is 24.0 Å². The van der Waals surface area contributed by atoms with Gasteiger partial charge in [-0.2, -0.15) is 0 Å². The minimum Gasteiger partial charge on any atom is -0.469 e. The maximum Gasteiger partial charge on any atom is 0.327 e. The molecule has 20 heavy (non-hydrogen) atoms. The van der Waals surface area contributed by atoms with Crippen molar-refractivity contribution in [2.24, 2.45) is 5.92 Å². The number of methoxy groups -OCH3 is 1. The fraction of sp³-hybridized carbons (Fsp3) is 0.667. The third kappa shape index (κ3) is 2.59. The number of likely N-dealkylation sites (tertiary alicyclic amines) is 1. The monoisotopic (exact) mass is 283 g/mol. The van der Waals surface area contributed by atoms with Crippen molar-refractivity contribution >= 4 is 23.8 Å². The van der Waals surface area contributed by atoms with Crippen LogP contribution in [-0.4, -0.2) is 78.9 Å². The molecule has 0 aliphatic carbocycles. The van der Waals surface area contributed by atoms with E-state index >= 15 is 0 Å². The molecule has 4 amide bonds. The molecule has 110 valence electrons. The van der Waals surface area contributed by atoms with Crippen molar-refractivity contribution in [3.63, 3.8) is 0 Å². The van der Waals surface area contributed by atoms with Crippen LogP contribution in [0.25, 0.3) is 0 Å². The first-order chi connectivity index (χ1) is 9.43. The van der Waals surface area contributed by atoms with Gasteiger partial charge in [0.15, 0.2) is 0 Å². The fourth-order valence-corrected chi connectivity index (χ4v) is 2.41. The van der Waals surface area contributed by atoms with Crippen LogP contribution < -0.4 is 0 Å². The van der Waals surface area contributed by atoms with Gasteiger partial charge in [-0.05, 0) is 6.42 Å². The number of hydrogen-bond donors (Lipinski definition) is 0. The highest BCUT2D eigenvalue weighted by atomic mass is 16.5. The number of imide groups is 1. The van der Waals surface area contributed by atoms with E-state index in [1.54, 1.807) is 0 Å². The van der Waals surface area contributed by atoms with E-state index in [2.05, 4.69) is 4.74 Å². The van der Waals surface area contributed by atoms with Gasteiger partial charge >= 0.3 is 12.0 Å². The fourth-order valence-electron chi connectivity index (χ4n) is 2.41. The average Bonchev–Trinajstić information content (AvgIpc) is 2.99. The molecule has 0 aromatic heterocycles. The van der Waals surface area contributed by atoms with Gasteiger partial charge in [0.2, 0.25) is 5.91 Å². The van der Waals surface area contributed by atoms with E-state index in [0.717, 1.165) is 4.90 Å². The Morgan fingerprint density at radius 1 is 1.35 bits per heavy atom. The van der Waals surface area contributed by atoms with Gasteiger partial charge in [0, 0.05) is 20.1 Å². The molecule has 0 saturated carbocycles. The summed E-state index contributed by atoms with van der Waals surface area (Å²) in [5.74, 6) is -1.37. The van der Waals surface area contributed by atoms with Crippen molar-refractivity contribution in [3.05, 3.63) is 0 Å². The number of ether oxygens (including phenoxy) is 1. The van der Waals surface area contributed by atoms with E-state index in [0.29, 0.717) is 13.0 Å². The first kappa shape index (κ1) is 14.3. The predicted molar refractivity (Wildman–Crippen MR) is 66.4 cm³/mol. The Kier molecular flexibility index (Phi) is 3.91. The lowest BCUT2D eigenvalue weighted by Gasteiger charge is -2.19. The second-order valence-electron chi connectivity index (χ2n) is 4.97. The molecule has 0 aromatic rings. The number of nitrogens with zero attached hydrogens (tertiary/aromatic N) is 3. The summed E-state index contributed by atoms with van der Waals surface area (Å²) >= 11 is 0. The zero-order valence-corrected chi connectivity index (χ0v) is 11.5. The summed E-state index contributed by atoms with van der Waals surface area (Å²) in [4.78, 5) is 50.4. The van der Waals surface area contributed by atoms with Gasteiger partial charge < -0.3 is 14.5 Å². The lowest BCUT2D eigenvalue weighted by molar-refractivity contribution is -0.145. The van der Waals surface area contributed by atoms with E-state index < -0.39 is 6.03 Å². The van der Waals surface area contributed by atoms with Crippen molar-refractivity contribution in [2.45, 2.75) is 6.42 Å². The summed E-state index contributed by atoms with van der Waals surface area (Å²) in [6, 6.07) is -0.466. The molecule has 0 aromatic carbocycles. The number of carbonyl (C=O) groups is 4. The lowest BCUT2D eigenvalue weighted by atomic mass is 10.1. The molecule has 2 aliphatic heterocycles. The number of amides is 4. The standard InChI is InChI=1S/C12H17N3O5/c1-13-6-10(17)15(12(13)19)7-9(16)14-4-3-8(5-14)11(18)20-2/h8H,3-7H2,1-2H3. The minimum atomic E-state index is -0.466. The van der Waals surface area contributed by atoms with Crippen LogP contribution in [0.15, 0.2) is 0 Å². The van der Waals surface area contributed by atoms with Gasteiger partial charge in [-0.1, -0.05) is 0 Å². The summed E-state index contributed by atoms with van der Waals surface area (Å²) < 4.78 is 4.64. The highest BCUT2D eigenvalue weighted by Crippen LogP contribution is 2.18. The first-order valence-electron chi connectivity index (χ1n) is 6.35. The zero-order valence-electron chi connectivity index (χ0n) is 11.5. The van der Waals surface area contributed by atoms with E-state index in [9.17, 15) is 19.2 Å². The topological polar surface area (TPSA) is 87.2 Å². The molecule has 0 N–H and O–H groups in total. The molecule has 0 spiro atoms. The zero-order chi connectivity index (χ0) is 14.9. The van der Waals surface area contributed by atoms with Crippen LogP contribution in [0.5, 0.6) is 0 Å². The Morgan fingerprint density at radius 3 is 2.60 bits per heavy atom. The Morgan fingerprint density at radius 2 is 2.05 bits per heavy atom. The van der Waals surface area contributed by atoms with Crippen LogP contribution in [-0.2, 0) is 19.1 Å². The van der Waals surface area contributed by atoms with Gasteiger partial charge in [-0.25, -0.2) is 4.79 Å². The number of rotatable bonds is 3. The summed E-state index contributed by atoms with van der Waals surface area (Å²) in [6.07, 6.45) is 0.542. The number of hydrogen-bond acceptors (Lipinski definition) is 5. The molecule has 1 atom stereocenters. The minimum absolute atomic E-state index is 0.00308. The van der Waals surface area contributed by atoms with Gasteiger partial charge in [0.05, 0.1) is 13.0 Å². The summed E-state index contributed by atoms with van der Waals surface area (Å²) in [5.41, 5.74) is 0. The van der Waals surface area contributed by atoms with Gasteiger partial charge in [0.1, 0.15) is 13.1 Å². The van der Waals surface area contributed by atoms with Gasteiger partial charge in [-0.3, -0.25) is 19.3 Å². The summed E-state index contributed by atoms with van der Waals surface area (Å²) in [5, 5.41) is 0. The second-order valence-corrected chi connectivity index (χ2v) is 4.97. The Labute approximate surface area is 116 Å². The largest absolute Gasteiger partial charge is 0.469 e. The molecule has 0 bridgehead atoms. The van der Waals surface area contributed by atoms with Crippen LogP contribution in [0, 0.1) is 5.92 Å². The van der Waals surface area contributed by atoms with Crippen molar-refractivity contribution in [3.8, 4) is 0 Å². The number of carbonyl (C=O) groups excluding carboxylic acids is 4. The molecule has 2 aliphatic rings. The lowest BCUT2D eigenvalue weighted by Crippen LogP contribution is -2.42. The van der Waals surface area contributed by atoms with Crippen LogP contribution in [0.3, 0.4) is 0 Å². The maximum atomic E-state index is 12.1. The second kappa shape index (κ2) is 5.48. The molecule has 8 nitrogen and oxygen atoms in total. The van der Waals surface area contributed by atoms with Crippen LogP contribution in [0.4, 0.5) is 4.79 Å². The van der Waals surface area contributed by atoms with Crippen molar-refractivity contribution < 1.29 is 23.9 Å². The molecule has 2 saturated heterocycles. The van der Waals surface area contributed by atoms with Crippen LogP contribution in [0.2, 0.25) is 0 Å². The van der Waals surface area contributed by atoms with Crippen molar-refractivity contribution in [2.75, 3.05) is 40.3 Å². The first-order valence-corrected chi connectivity index (χ1v) is 6.35. The number of likely N-dealkylation sites (N-methyl/N-ethyl adjacent to an activating group) is 1. The Hall–Kier alpha value is -2.12. The molecule has 2 rings (SSSR count). The van der Waals surface area contributed by atoms with Gasteiger partial charge in [0.25, 0.3) is 5.91 Å². The average molecular weight is 283 g/mol. The normalized spacial score (nSPS) is 22.7. The third-order valence-corrected chi connectivity index (χ3v) is 3.60. The smallest absolute Gasteiger partial charge is 0.327 e. The molecular formula is C12H17N3O5. The van der Waals surface area contributed by atoms with Crippen molar-refractivity contribution in [1.29, 1.82) is 0 Å². The molecule has 1 unspecified atom stereocenters. The number of esters is 1. The predicted octanol–water partition coefficient (Wildman–Crippen LogP) is -1.10. The van der Waals surface area contributed by atoms with Crippen LogP contribution >= 0.6 is 0 Å². The molecule has 8 heteroatoms. The summed E-state index contributed by atoms with van der Waals surface area (Å²) in [7, 11) is 2.82. The van der Waals surface area contributed by atoms with E-state index in [4.69, 9.17) is 0 Å². The highest BCUT2D eigenvalue weighted by molar-refractivity contribution is 6.04. The SMILES string of the molecule is COC(=O)C1CCN(C(=O)CN2C(=O)CN(C)C2=O)C1. The highest BCUT2D eigenvalue weighted by Gasteiger charge is 2.38. The quantitative estimate of drug-likeness (QED) is 0.485. The molecule has 2 fully saturated rings. The van der Waals surface area contributed by atoms with E-state index in [1.807, 2.05) is 0 Å². The number of urea groups is 1. The molecule has 0 radical (unpaired) electrons. The maximum absolute atomic E-state index is 12.1. The van der Waals surface area contributed by atoms with Crippen LogP contribution in [0.1, 0.15) is 6.42 Å². The Balaban J connectivity index is 1.92. The Bertz CT molecular complexity index is 464. The molecular weight excluding hydrogens is 266 g/mol. The van der Waals surface area contributed by atoms with Crippen molar-refractivity contribution in [1.82, 2.24) is 14.7 Å². The third-order valence-electron chi connectivity index (χ3n) is 3.60. The van der Waals surface area contributed by atoms with E-state index in [-0.39, 0.29) is 43.3 Å². The van der Waals surface area contributed by atoms with Gasteiger partial charge in [-0.15, -0.1) is 0 Å².